The monoisotopic (exact) mass is 1050 g/mol. The number of nitrogens with one attached hydrogen (secondary N) is 3. The number of aliphatic hydroxyl groups is 1. The van der Waals surface area contributed by atoms with Crippen molar-refractivity contribution in [1.29, 1.82) is 0 Å². The van der Waals surface area contributed by atoms with E-state index in [1.165, 1.54) is 9.80 Å². The van der Waals surface area contributed by atoms with Crippen molar-refractivity contribution in [3.63, 3.8) is 0 Å². The minimum absolute atomic E-state index is 0.0121. The van der Waals surface area contributed by atoms with Crippen LogP contribution >= 0.6 is 11.3 Å². The lowest BCUT2D eigenvalue weighted by Gasteiger charge is -2.35. The molecule has 0 saturated carbocycles. The average Bonchev–Trinajstić information content (AvgIpc) is 4.06. The number of likely N-dealkylation sites (tertiary alicyclic amines) is 1. The highest BCUT2D eigenvalue weighted by Gasteiger charge is 2.47. The highest BCUT2D eigenvalue weighted by Crippen LogP contribution is 2.40. The molecule has 19 heteroatoms. The zero-order chi connectivity index (χ0) is 54.4. The van der Waals surface area contributed by atoms with Gasteiger partial charge in [-0.05, 0) is 106 Å². The van der Waals surface area contributed by atoms with Gasteiger partial charge in [0.2, 0.25) is 35.4 Å². The molecule has 75 heavy (non-hydrogen) atoms. The first kappa shape index (κ1) is 55.6. The van der Waals surface area contributed by atoms with E-state index in [2.05, 4.69) is 31.8 Å². The van der Waals surface area contributed by atoms with E-state index in [-0.39, 0.29) is 57.7 Å². The lowest BCUT2D eigenvalue weighted by atomic mass is 9.85. The van der Waals surface area contributed by atoms with Crippen molar-refractivity contribution in [3.8, 4) is 22.3 Å². The summed E-state index contributed by atoms with van der Waals surface area (Å²) in [5, 5.41) is 19.7. The SMILES string of the molecule is Cc1ncsc1-c1ccc([C@H](C)NC(=O)[C@@H]2C[C@@H](O)CN2C(=O)[C@@H](NC(=O)CCc2cccc(OC[C@H](CCC(N)=O)NC(=O)[C@@H]3Cc4cccc5c4N3C(=O)C(C#[N+]C(=O)OC(C)(C)C)CC5)c2)C(C)(C)C)cc1. The molecule has 1 saturated heterocycles. The van der Waals surface area contributed by atoms with E-state index in [4.69, 9.17) is 15.2 Å². The van der Waals surface area contributed by atoms with Gasteiger partial charge >= 0.3 is 12.2 Å². The van der Waals surface area contributed by atoms with Crippen LogP contribution in [0, 0.1) is 24.3 Å². The Hall–Kier alpha value is -7.17. The summed E-state index contributed by atoms with van der Waals surface area (Å²) in [6, 6.07) is 19.3. The van der Waals surface area contributed by atoms with E-state index in [9.17, 15) is 38.7 Å². The summed E-state index contributed by atoms with van der Waals surface area (Å²) in [7, 11) is 0. The average molecular weight is 1050 g/mol. The van der Waals surface area contributed by atoms with Gasteiger partial charge in [0.1, 0.15) is 36.1 Å². The normalized spacial score (nSPS) is 19.3. The van der Waals surface area contributed by atoms with Crippen LogP contribution < -0.4 is 31.3 Å². The van der Waals surface area contributed by atoms with Gasteiger partial charge in [-0.2, -0.15) is 4.79 Å². The Morgan fingerprint density at radius 1 is 0.933 bits per heavy atom. The highest BCUT2D eigenvalue weighted by atomic mass is 32.1. The van der Waals surface area contributed by atoms with Gasteiger partial charge in [-0.25, -0.2) is 4.98 Å². The van der Waals surface area contributed by atoms with Crippen LogP contribution in [0.15, 0.2) is 72.2 Å². The number of para-hydroxylation sites is 1. The standard InChI is InChI=1S/C56H68N8O10S/c1-32(35-16-19-37(20-17-35)48-33(2)59-31-75-48)60-50(68)43-27-41(65)29-63(43)53(71)49(55(3,4)5)62-46(67)24-15-34-11-9-14-42(25-34)73-30-40(22-23-45(57)66)61-51(69)44-26-38-13-10-12-36-18-21-39(52(70)64(44)47(36)38)28-58-54(72)74-56(6,7)8/h9-14,16-17,19-20,25,31-32,39-41,43-44,49,65H,15,18,21-24,26-27,29-30H2,1-8H3,(H4-,57,60,61,62,66,67,68,69)/p+1/t32-,39?,40-,41+,43-,44-,49+/m0/s1. The number of rotatable bonds is 17. The van der Waals surface area contributed by atoms with Crippen molar-refractivity contribution in [2.45, 2.75) is 149 Å². The number of aliphatic hydroxyl groups excluding tert-OH is 1. The molecular weight excluding hydrogens is 977 g/mol. The number of anilines is 1. The molecule has 3 aromatic carbocycles. The number of hydrogen-bond donors (Lipinski definition) is 5. The molecule has 4 aromatic rings. The highest BCUT2D eigenvalue weighted by molar-refractivity contribution is 7.13. The molecule has 7 atom stereocenters. The third kappa shape index (κ3) is 14.2. The molecule has 6 N–H and O–H groups in total. The Labute approximate surface area is 441 Å². The number of nitrogens with two attached hydrogens (primary N) is 1. The van der Waals surface area contributed by atoms with Gasteiger partial charge in [0, 0.05) is 32.2 Å². The van der Waals surface area contributed by atoms with E-state index >= 15 is 0 Å². The molecule has 0 spiro atoms. The van der Waals surface area contributed by atoms with Gasteiger partial charge in [0.05, 0.1) is 44.8 Å². The predicted octanol–water partition coefficient (Wildman–Crippen LogP) is 6.34. The largest absolute Gasteiger partial charge is 0.728 e. The minimum Gasteiger partial charge on any atom is -0.491 e. The first-order valence-electron chi connectivity index (χ1n) is 25.5. The molecular formula is C56H69N8O10S+. The van der Waals surface area contributed by atoms with E-state index in [0.717, 1.165) is 38.4 Å². The molecule has 1 fully saturated rings. The first-order chi connectivity index (χ1) is 35.4. The van der Waals surface area contributed by atoms with E-state index < -0.39 is 88.7 Å². The van der Waals surface area contributed by atoms with Crippen molar-refractivity contribution in [3.05, 3.63) is 105 Å². The summed E-state index contributed by atoms with van der Waals surface area (Å²) in [5.74, 6) is -3.19. The quantitative estimate of drug-likeness (QED) is 0.0782. The van der Waals surface area contributed by atoms with Crippen molar-refractivity contribution >= 4 is 58.6 Å². The fraction of sp³-hybridized carbons (Fsp3) is 0.482. The predicted molar refractivity (Wildman–Crippen MR) is 284 cm³/mol. The number of thiazole rings is 1. The van der Waals surface area contributed by atoms with Crippen LogP contribution in [-0.2, 0) is 52.8 Å². The first-order valence-corrected chi connectivity index (χ1v) is 26.4. The summed E-state index contributed by atoms with van der Waals surface area (Å²) in [6.07, 6.45) is -0.288. The van der Waals surface area contributed by atoms with Gasteiger partial charge in [-0.15, -0.1) is 11.3 Å². The number of carbonyl (C=O) groups excluding carboxylic acids is 7. The zero-order valence-corrected chi connectivity index (χ0v) is 44.8. The number of ether oxygens (including phenoxy) is 2. The Kier molecular flexibility index (Phi) is 17.5. The maximum Gasteiger partial charge on any atom is 0.728 e. The third-order valence-corrected chi connectivity index (χ3v) is 14.5. The van der Waals surface area contributed by atoms with E-state index in [1.54, 1.807) is 55.8 Å². The lowest BCUT2D eigenvalue weighted by molar-refractivity contribution is -0.144. The smallest absolute Gasteiger partial charge is 0.491 e. The Balaban J connectivity index is 0.955. The summed E-state index contributed by atoms with van der Waals surface area (Å²) in [5.41, 5.74) is 11.8. The van der Waals surface area contributed by atoms with E-state index in [0.29, 0.717) is 24.3 Å². The summed E-state index contributed by atoms with van der Waals surface area (Å²) >= 11 is 1.56. The Morgan fingerprint density at radius 3 is 2.32 bits per heavy atom. The minimum atomic E-state index is -1.01. The Bertz CT molecular complexity index is 2860. The van der Waals surface area contributed by atoms with Crippen LogP contribution in [0.25, 0.3) is 15.3 Å². The molecule has 0 aliphatic carbocycles. The Morgan fingerprint density at radius 2 is 1.64 bits per heavy atom. The summed E-state index contributed by atoms with van der Waals surface area (Å²) in [4.78, 5) is 107. The number of nitrogens with zero attached hydrogens (tertiary/aromatic N) is 4. The number of hydrogen-bond acceptors (Lipinski definition) is 12. The van der Waals surface area contributed by atoms with Crippen LogP contribution in [0.4, 0.5) is 10.5 Å². The summed E-state index contributed by atoms with van der Waals surface area (Å²) in [6.45, 7) is 14.3. The van der Waals surface area contributed by atoms with Crippen LogP contribution in [0.1, 0.15) is 115 Å². The molecule has 4 heterocycles. The molecule has 0 radical (unpaired) electrons. The fourth-order valence-electron chi connectivity index (χ4n) is 9.68. The molecule has 18 nitrogen and oxygen atoms in total. The number of carbonyl (C=O) groups is 7. The zero-order valence-electron chi connectivity index (χ0n) is 43.9. The third-order valence-electron chi connectivity index (χ3n) is 13.6. The summed E-state index contributed by atoms with van der Waals surface area (Å²) < 4.78 is 11.5. The van der Waals surface area contributed by atoms with Crippen LogP contribution in [0.5, 0.6) is 5.75 Å². The number of benzene rings is 3. The van der Waals surface area contributed by atoms with Crippen molar-refractivity contribution in [2.75, 3.05) is 18.1 Å². The molecule has 1 unspecified atom stereocenters. The van der Waals surface area contributed by atoms with Gasteiger partial charge in [0.25, 0.3) is 0 Å². The maximum absolute atomic E-state index is 14.3. The molecule has 3 aliphatic rings. The second-order valence-corrected chi connectivity index (χ2v) is 22.6. The topological polar surface area (TPSA) is 244 Å². The van der Waals surface area contributed by atoms with Crippen molar-refractivity contribution in [1.82, 2.24) is 25.8 Å². The van der Waals surface area contributed by atoms with Crippen molar-refractivity contribution in [2.24, 2.45) is 17.1 Å². The van der Waals surface area contributed by atoms with Gasteiger partial charge in [-0.3, -0.25) is 33.7 Å². The number of amides is 7. The van der Waals surface area contributed by atoms with Crippen LogP contribution in [-0.4, -0.2) is 106 Å². The number of aromatic nitrogens is 1. The second-order valence-electron chi connectivity index (χ2n) is 21.7. The van der Waals surface area contributed by atoms with Crippen LogP contribution in [0.3, 0.4) is 0 Å². The van der Waals surface area contributed by atoms with E-state index in [1.807, 2.05) is 83.1 Å². The molecule has 7 amide bonds. The fourth-order valence-corrected chi connectivity index (χ4v) is 10.5. The van der Waals surface area contributed by atoms with Crippen LogP contribution in [0.2, 0.25) is 0 Å². The number of aryl methyl sites for hydroxylation is 3. The second kappa shape index (κ2) is 23.6. The lowest BCUT2D eigenvalue weighted by Crippen LogP contribution is -2.57. The molecule has 0 bridgehead atoms. The molecule has 3 aliphatic heterocycles. The molecule has 7 rings (SSSR count). The van der Waals surface area contributed by atoms with Gasteiger partial charge in [-0.1, -0.05) is 75.4 Å². The maximum atomic E-state index is 14.3. The number of primary amides is 1. The molecule has 1 aromatic heterocycles. The van der Waals surface area contributed by atoms with Gasteiger partial charge < -0.3 is 41.2 Å². The molecule has 398 valence electrons. The van der Waals surface area contributed by atoms with Gasteiger partial charge in [0.15, 0.2) is 5.92 Å². The number of β-amino-alcohol motifs (C(OH)–C–C–N with tert-alkyl or cyclic N) is 1. The van der Waals surface area contributed by atoms with Crippen molar-refractivity contribution < 1.29 is 48.1 Å².